The highest BCUT2D eigenvalue weighted by Crippen LogP contribution is 2.44. The van der Waals surface area contributed by atoms with Gasteiger partial charge in [-0.05, 0) is 77.2 Å². The number of furan rings is 1. The first kappa shape index (κ1) is 35.9. The standard InChI is InChI=1S/C58H42N4O/c1-2-17-37(18-3-1)50-36-51(60-58(59-50)49-25-5-4-19-41(49)47-26-16-27-48-46-24-10-15-32-56(46)63-57(47)48)38-33-39(61-52-28-11-6-20-42(52)43-21-7-12-29-53(43)61)35-40(34-38)62-54-30-13-8-22-44(54)45-23-9-14-31-55(45)62/h1-33,35-36,40,50,58-60H,34H2. The van der Waals surface area contributed by atoms with Crippen LogP contribution < -0.4 is 10.6 Å². The van der Waals surface area contributed by atoms with Crippen molar-refractivity contribution >= 4 is 71.2 Å². The number of allylic oxidation sites excluding steroid dienone is 4. The van der Waals surface area contributed by atoms with E-state index in [1.807, 2.05) is 6.07 Å². The second-order valence-corrected chi connectivity index (χ2v) is 16.9. The summed E-state index contributed by atoms with van der Waals surface area (Å²) in [6.07, 6.45) is 7.92. The molecule has 0 amide bonds. The van der Waals surface area contributed by atoms with Gasteiger partial charge in [0.25, 0.3) is 0 Å². The minimum Gasteiger partial charge on any atom is -0.455 e. The number of nitrogens with one attached hydrogen (secondary N) is 2. The van der Waals surface area contributed by atoms with Crippen LogP contribution in [0.3, 0.4) is 0 Å². The van der Waals surface area contributed by atoms with Gasteiger partial charge in [-0.15, -0.1) is 0 Å². The van der Waals surface area contributed by atoms with Crippen molar-refractivity contribution in [3.8, 4) is 11.1 Å². The molecule has 11 aromatic rings. The van der Waals surface area contributed by atoms with Gasteiger partial charge in [0.15, 0.2) is 0 Å². The molecule has 3 atom stereocenters. The van der Waals surface area contributed by atoms with Crippen LogP contribution in [0, 0.1) is 0 Å². The van der Waals surface area contributed by atoms with E-state index >= 15 is 0 Å². The smallest absolute Gasteiger partial charge is 0.143 e. The van der Waals surface area contributed by atoms with Crippen LogP contribution in [0.5, 0.6) is 0 Å². The molecule has 3 aromatic heterocycles. The van der Waals surface area contributed by atoms with E-state index in [0.717, 1.165) is 56.4 Å². The lowest BCUT2D eigenvalue weighted by Crippen LogP contribution is -2.41. The molecular weight excluding hydrogens is 769 g/mol. The van der Waals surface area contributed by atoms with Crippen LogP contribution in [-0.4, -0.2) is 9.13 Å². The minimum atomic E-state index is -0.221. The molecule has 2 N–H and O–H groups in total. The maximum Gasteiger partial charge on any atom is 0.143 e. The third-order valence-electron chi connectivity index (χ3n) is 13.4. The molecule has 300 valence electrons. The lowest BCUT2D eigenvalue weighted by Gasteiger charge is -2.36. The highest BCUT2D eigenvalue weighted by molar-refractivity contribution is 6.12. The van der Waals surface area contributed by atoms with Crippen LogP contribution in [0.1, 0.15) is 35.8 Å². The van der Waals surface area contributed by atoms with Gasteiger partial charge in [-0.1, -0.05) is 164 Å². The molecule has 4 heterocycles. The number of benzene rings is 8. The number of nitrogens with zero attached hydrogens (tertiary/aromatic N) is 2. The van der Waals surface area contributed by atoms with E-state index in [1.165, 1.54) is 54.7 Å². The number of aromatic nitrogens is 2. The van der Waals surface area contributed by atoms with Crippen LogP contribution in [0.15, 0.2) is 228 Å². The highest BCUT2D eigenvalue weighted by Gasteiger charge is 2.31. The predicted octanol–water partition coefficient (Wildman–Crippen LogP) is 14.4. The van der Waals surface area contributed by atoms with E-state index in [0.29, 0.717) is 0 Å². The summed E-state index contributed by atoms with van der Waals surface area (Å²) in [7, 11) is 0. The first-order valence-electron chi connectivity index (χ1n) is 21.9. The summed E-state index contributed by atoms with van der Waals surface area (Å²) < 4.78 is 11.7. The SMILES string of the molecule is C1=C(C2=CC(c3ccccc3)NC(c3ccccc3-c3cccc4c3oc3ccccc34)N2)CC(n2c3ccccc3c3ccccc32)C=C1n1c2ccccc2c2ccccc21. The van der Waals surface area contributed by atoms with Gasteiger partial charge in [-0.2, -0.15) is 0 Å². The number of rotatable bonds is 6. The number of hydrogen-bond acceptors (Lipinski definition) is 3. The molecule has 63 heavy (non-hydrogen) atoms. The first-order chi connectivity index (χ1) is 31.2. The summed E-state index contributed by atoms with van der Waals surface area (Å²) in [5, 5.41) is 15.5. The Balaban J connectivity index is 1.01. The van der Waals surface area contributed by atoms with Crippen LogP contribution >= 0.6 is 0 Å². The van der Waals surface area contributed by atoms with Gasteiger partial charge in [0, 0.05) is 60.3 Å². The Hall–Kier alpha value is -7.86. The summed E-state index contributed by atoms with van der Waals surface area (Å²) >= 11 is 0. The van der Waals surface area contributed by atoms with Gasteiger partial charge >= 0.3 is 0 Å². The Kier molecular flexibility index (Phi) is 8.18. The summed E-state index contributed by atoms with van der Waals surface area (Å²) in [5.41, 5.74) is 14.8. The Morgan fingerprint density at radius 2 is 1.03 bits per heavy atom. The third kappa shape index (κ3) is 5.74. The molecule has 2 aliphatic rings. The zero-order valence-electron chi connectivity index (χ0n) is 34.4. The molecule has 13 rings (SSSR count). The molecule has 5 heteroatoms. The molecule has 1 aliphatic heterocycles. The molecule has 0 fully saturated rings. The van der Waals surface area contributed by atoms with Crippen LogP contribution in [0.4, 0.5) is 0 Å². The first-order valence-corrected chi connectivity index (χ1v) is 21.9. The number of hydrogen-bond donors (Lipinski definition) is 2. The van der Waals surface area contributed by atoms with E-state index < -0.39 is 0 Å². The topological polar surface area (TPSA) is 47.1 Å². The van der Waals surface area contributed by atoms with Crippen molar-refractivity contribution in [2.24, 2.45) is 0 Å². The lowest BCUT2D eigenvalue weighted by atomic mass is 9.90. The van der Waals surface area contributed by atoms with Crippen molar-refractivity contribution in [3.05, 3.63) is 235 Å². The molecule has 8 aromatic carbocycles. The van der Waals surface area contributed by atoms with Crippen molar-refractivity contribution in [2.45, 2.75) is 24.7 Å². The zero-order chi connectivity index (χ0) is 41.4. The Morgan fingerprint density at radius 3 is 1.75 bits per heavy atom. The van der Waals surface area contributed by atoms with Gasteiger partial charge in [-0.25, -0.2) is 0 Å². The molecule has 0 bridgehead atoms. The van der Waals surface area contributed by atoms with Crippen LogP contribution in [0.2, 0.25) is 0 Å². The van der Waals surface area contributed by atoms with Crippen molar-refractivity contribution in [2.75, 3.05) is 0 Å². The monoisotopic (exact) mass is 810 g/mol. The van der Waals surface area contributed by atoms with Crippen molar-refractivity contribution in [1.82, 2.24) is 19.8 Å². The molecule has 5 nitrogen and oxygen atoms in total. The maximum absolute atomic E-state index is 6.63. The molecule has 1 aliphatic carbocycles. The van der Waals surface area contributed by atoms with E-state index in [9.17, 15) is 0 Å². The zero-order valence-corrected chi connectivity index (χ0v) is 34.4. The fraction of sp³-hybridized carbons (Fsp3) is 0.0690. The summed E-state index contributed by atoms with van der Waals surface area (Å²) in [6.45, 7) is 0. The molecule has 0 saturated heterocycles. The molecule has 0 radical (unpaired) electrons. The van der Waals surface area contributed by atoms with E-state index in [1.54, 1.807) is 0 Å². The Morgan fingerprint density at radius 1 is 0.476 bits per heavy atom. The van der Waals surface area contributed by atoms with Crippen molar-refractivity contribution in [1.29, 1.82) is 0 Å². The summed E-state index contributed by atoms with van der Waals surface area (Å²) in [5.74, 6) is 0. The lowest BCUT2D eigenvalue weighted by molar-refractivity contribution is 0.417. The van der Waals surface area contributed by atoms with Gasteiger partial charge < -0.3 is 18.9 Å². The summed E-state index contributed by atoms with van der Waals surface area (Å²) in [4.78, 5) is 0. The maximum atomic E-state index is 6.63. The fourth-order valence-corrected chi connectivity index (χ4v) is 10.6. The highest BCUT2D eigenvalue weighted by atomic mass is 16.3. The molecule has 0 spiro atoms. The summed E-state index contributed by atoms with van der Waals surface area (Å²) in [6, 6.07) is 69.8. The molecular formula is C58H42N4O. The largest absolute Gasteiger partial charge is 0.455 e. The Bertz CT molecular complexity index is 3580. The third-order valence-corrected chi connectivity index (χ3v) is 13.4. The van der Waals surface area contributed by atoms with E-state index in [-0.39, 0.29) is 18.2 Å². The number of fused-ring (bicyclic) bond motifs is 9. The average Bonchev–Trinajstić information content (AvgIpc) is 4.02. The van der Waals surface area contributed by atoms with E-state index in [4.69, 9.17) is 4.42 Å². The Labute approximate surface area is 364 Å². The average molecular weight is 811 g/mol. The molecule has 0 saturated carbocycles. The quantitative estimate of drug-likeness (QED) is 0.176. The van der Waals surface area contributed by atoms with Gasteiger partial charge in [0.05, 0.1) is 23.1 Å². The number of para-hydroxylation sites is 6. The second-order valence-electron chi connectivity index (χ2n) is 16.9. The fourth-order valence-electron chi connectivity index (χ4n) is 10.6. The van der Waals surface area contributed by atoms with Gasteiger partial charge in [0.2, 0.25) is 0 Å². The minimum absolute atomic E-state index is 0.0221. The predicted molar refractivity (Wildman–Crippen MR) is 260 cm³/mol. The van der Waals surface area contributed by atoms with E-state index in [2.05, 4.69) is 226 Å². The van der Waals surface area contributed by atoms with Crippen molar-refractivity contribution < 1.29 is 4.42 Å². The normalized spacial score (nSPS) is 18.0. The van der Waals surface area contributed by atoms with Crippen LogP contribution in [-0.2, 0) is 0 Å². The molecule has 3 unspecified atom stereocenters. The second kappa shape index (κ2) is 14.4. The van der Waals surface area contributed by atoms with Crippen LogP contribution in [0.25, 0.3) is 82.4 Å². The van der Waals surface area contributed by atoms with Gasteiger partial charge in [-0.3, -0.25) is 5.32 Å². The van der Waals surface area contributed by atoms with Crippen molar-refractivity contribution in [3.63, 3.8) is 0 Å². The van der Waals surface area contributed by atoms with Gasteiger partial charge in [0.1, 0.15) is 17.3 Å².